The van der Waals surface area contributed by atoms with Crippen LogP contribution in [-0.4, -0.2) is 4.98 Å². The van der Waals surface area contributed by atoms with Gasteiger partial charge in [-0.2, -0.15) is 0 Å². The highest BCUT2D eigenvalue weighted by Crippen LogP contribution is 2.23. The van der Waals surface area contributed by atoms with Crippen LogP contribution in [0, 0.1) is 20.8 Å². The second-order valence-corrected chi connectivity index (χ2v) is 4.65. The number of hydrogen-bond donors (Lipinski definition) is 1. The van der Waals surface area contributed by atoms with Crippen molar-refractivity contribution in [2.45, 2.75) is 20.8 Å². The minimum Gasteiger partial charge on any atom is -0.358 e. The van der Waals surface area contributed by atoms with Crippen molar-refractivity contribution in [3.8, 4) is 0 Å². The Morgan fingerprint density at radius 2 is 1.80 bits per heavy atom. The average Bonchev–Trinajstić information content (AvgIpc) is 2.21. The highest BCUT2D eigenvalue weighted by atomic mass is 79.9. The van der Waals surface area contributed by atoms with Gasteiger partial charge in [0.25, 0.3) is 0 Å². The highest BCUT2D eigenvalue weighted by Gasteiger charge is 2.08. The van der Waals surface area contributed by atoms with E-state index in [1.807, 2.05) is 32.9 Å². The Balaban J connectivity index is 3.06. The first-order valence-electron chi connectivity index (χ1n) is 4.80. The number of halogens is 1. The second-order valence-electron chi connectivity index (χ2n) is 3.80. The quantitative estimate of drug-likeness (QED) is 0.780. The summed E-state index contributed by atoms with van der Waals surface area (Å²) in [6.07, 6.45) is 0. The van der Waals surface area contributed by atoms with Crippen LogP contribution in [0.3, 0.4) is 0 Å². The smallest absolute Gasteiger partial charge is 0.192 e. The lowest BCUT2D eigenvalue weighted by Gasteiger charge is -2.07. The lowest BCUT2D eigenvalue weighted by Crippen LogP contribution is -2.10. The van der Waals surface area contributed by atoms with Crippen molar-refractivity contribution in [2.24, 2.45) is 0 Å². The highest BCUT2D eigenvalue weighted by molar-refractivity contribution is 9.10. The molecule has 1 aromatic heterocycles. The Labute approximate surface area is 96.5 Å². The first-order chi connectivity index (χ1) is 7.02. The summed E-state index contributed by atoms with van der Waals surface area (Å²) in [6, 6.07) is 3.78. The zero-order valence-corrected chi connectivity index (χ0v) is 10.5. The van der Waals surface area contributed by atoms with E-state index in [9.17, 15) is 4.79 Å². The second kappa shape index (κ2) is 3.49. The van der Waals surface area contributed by atoms with Crippen LogP contribution in [0.1, 0.15) is 16.8 Å². The number of H-pyrrole nitrogens is 1. The fourth-order valence-electron chi connectivity index (χ4n) is 1.69. The SMILES string of the molecule is Cc1[nH]c2c(C)c(Br)ccc2c(=O)c1C. The van der Waals surface area contributed by atoms with Crippen molar-refractivity contribution in [1.29, 1.82) is 0 Å². The molecule has 0 spiro atoms. The van der Waals surface area contributed by atoms with E-state index in [4.69, 9.17) is 0 Å². The summed E-state index contributed by atoms with van der Waals surface area (Å²) >= 11 is 3.46. The van der Waals surface area contributed by atoms with E-state index in [1.54, 1.807) is 0 Å². The molecule has 78 valence electrons. The number of aromatic nitrogens is 1. The third-order valence-electron chi connectivity index (χ3n) is 2.86. The standard InChI is InChI=1S/C12H12BrNO/c1-6-8(3)14-11-7(2)10(13)5-4-9(11)12(6)15/h4-5H,1-3H3,(H,14,15). The van der Waals surface area contributed by atoms with Gasteiger partial charge >= 0.3 is 0 Å². The summed E-state index contributed by atoms with van der Waals surface area (Å²) in [5.74, 6) is 0. The molecule has 0 unspecified atom stereocenters. The molecule has 0 amide bonds. The van der Waals surface area contributed by atoms with Crippen molar-refractivity contribution in [1.82, 2.24) is 4.98 Å². The Kier molecular flexibility index (Phi) is 2.43. The molecular weight excluding hydrogens is 254 g/mol. The maximum atomic E-state index is 12.0. The first-order valence-corrected chi connectivity index (χ1v) is 5.60. The maximum absolute atomic E-state index is 12.0. The summed E-state index contributed by atoms with van der Waals surface area (Å²) in [5, 5.41) is 0.763. The molecule has 1 aromatic carbocycles. The number of rotatable bonds is 0. The van der Waals surface area contributed by atoms with Crippen LogP contribution < -0.4 is 5.43 Å². The fourth-order valence-corrected chi connectivity index (χ4v) is 2.02. The molecule has 3 heteroatoms. The van der Waals surface area contributed by atoms with Crippen molar-refractivity contribution < 1.29 is 0 Å². The van der Waals surface area contributed by atoms with Gasteiger partial charge in [-0.1, -0.05) is 15.9 Å². The summed E-state index contributed by atoms with van der Waals surface area (Å²) in [5.41, 5.74) is 3.86. The van der Waals surface area contributed by atoms with Crippen molar-refractivity contribution in [3.05, 3.63) is 43.6 Å². The predicted molar refractivity (Wildman–Crippen MR) is 66.5 cm³/mol. The molecule has 1 heterocycles. The lowest BCUT2D eigenvalue weighted by atomic mass is 10.1. The average molecular weight is 266 g/mol. The predicted octanol–water partition coefficient (Wildman–Crippen LogP) is 3.22. The summed E-state index contributed by atoms with van der Waals surface area (Å²) in [7, 11) is 0. The molecule has 0 bridgehead atoms. The van der Waals surface area contributed by atoms with E-state index in [1.165, 1.54) is 0 Å². The van der Waals surface area contributed by atoms with Gasteiger partial charge in [0.2, 0.25) is 0 Å². The van der Waals surface area contributed by atoms with E-state index in [0.29, 0.717) is 0 Å². The summed E-state index contributed by atoms with van der Waals surface area (Å²) in [6.45, 7) is 5.78. The van der Waals surface area contributed by atoms with Gasteiger partial charge in [0.1, 0.15) is 0 Å². The molecule has 0 aliphatic carbocycles. The van der Waals surface area contributed by atoms with Crippen LogP contribution in [0.4, 0.5) is 0 Å². The van der Waals surface area contributed by atoms with Gasteiger partial charge < -0.3 is 4.98 Å². The molecule has 15 heavy (non-hydrogen) atoms. The van der Waals surface area contributed by atoms with Crippen LogP contribution in [0.25, 0.3) is 10.9 Å². The van der Waals surface area contributed by atoms with Crippen molar-refractivity contribution in [3.63, 3.8) is 0 Å². The largest absolute Gasteiger partial charge is 0.358 e. The van der Waals surface area contributed by atoms with Gasteiger partial charge in [-0.25, -0.2) is 0 Å². The van der Waals surface area contributed by atoms with Gasteiger partial charge in [-0.15, -0.1) is 0 Å². The Hall–Kier alpha value is -1.09. The molecule has 2 nitrogen and oxygen atoms in total. The summed E-state index contributed by atoms with van der Waals surface area (Å²) < 4.78 is 1.02. The van der Waals surface area contributed by atoms with Crippen LogP contribution >= 0.6 is 15.9 Å². The zero-order valence-electron chi connectivity index (χ0n) is 8.94. The number of benzene rings is 1. The number of fused-ring (bicyclic) bond motifs is 1. The van der Waals surface area contributed by atoms with Gasteiger partial charge in [0.05, 0.1) is 5.52 Å². The summed E-state index contributed by atoms with van der Waals surface area (Å²) in [4.78, 5) is 15.3. The van der Waals surface area contributed by atoms with Crippen molar-refractivity contribution >= 4 is 26.8 Å². The minimum absolute atomic E-state index is 0.122. The molecule has 0 atom stereocenters. The first kappa shape index (κ1) is 10.4. The fraction of sp³-hybridized carbons (Fsp3) is 0.250. The molecule has 2 rings (SSSR count). The number of pyridine rings is 1. The third-order valence-corrected chi connectivity index (χ3v) is 3.72. The van der Waals surface area contributed by atoms with Gasteiger partial charge in [0, 0.05) is 21.1 Å². The maximum Gasteiger partial charge on any atom is 0.192 e. The van der Waals surface area contributed by atoms with Gasteiger partial charge in [0.15, 0.2) is 5.43 Å². The number of aryl methyl sites for hydroxylation is 2. The Morgan fingerprint density at radius 3 is 2.47 bits per heavy atom. The number of hydrogen-bond acceptors (Lipinski definition) is 1. The monoisotopic (exact) mass is 265 g/mol. The molecule has 0 radical (unpaired) electrons. The minimum atomic E-state index is 0.122. The van der Waals surface area contributed by atoms with E-state index < -0.39 is 0 Å². The van der Waals surface area contributed by atoms with Crippen LogP contribution in [0.5, 0.6) is 0 Å². The van der Waals surface area contributed by atoms with E-state index in [-0.39, 0.29) is 5.43 Å². The molecule has 1 N–H and O–H groups in total. The molecular formula is C12H12BrNO. The molecule has 0 aliphatic rings. The normalized spacial score (nSPS) is 10.9. The molecule has 2 aromatic rings. The molecule has 0 saturated carbocycles. The Bertz CT molecular complexity index is 599. The van der Waals surface area contributed by atoms with E-state index in [0.717, 1.165) is 32.2 Å². The number of nitrogens with one attached hydrogen (secondary N) is 1. The Morgan fingerprint density at radius 1 is 1.13 bits per heavy atom. The van der Waals surface area contributed by atoms with E-state index >= 15 is 0 Å². The van der Waals surface area contributed by atoms with Gasteiger partial charge in [-0.05, 0) is 38.5 Å². The molecule has 0 fully saturated rings. The van der Waals surface area contributed by atoms with Crippen LogP contribution in [0.15, 0.2) is 21.4 Å². The molecule has 0 saturated heterocycles. The van der Waals surface area contributed by atoms with Crippen molar-refractivity contribution in [2.75, 3.05) is 0 Å². The van der Waals surface area contributed by atoms with Crippen LogP contribution in [-0.2, 0) is 0 Å². The third kappa shape index (κ3) is 1.51. The number of aromatic amines is 1. The topological polar surface area (TPSA) is 32.9 Å². The van der Waals surface area contributed by atoms with E-state index in [2.05, 4.69) is 20.9 Å². The zero-order chi connectivity index (χ0) is 11.2. The lowest BCUT2D eigenvalue weighted by molar-refractivity contribution is 1.17. The molecule has 0 aliphatic heterocycles. The van der Waals surface area contributed by atoms with Crippen LogP contribution in [0.2, 0.25) is 0 Å². The van der Waals surface area contributed by atoms with Gasteiger partial charge in [-0.3, -0.25) is 4.79 Å².